The lowest BCUT2D eigenvalue weighted by Crippen LogP contribution is -2.34. The van der Waals surface area contributed by atoms with Crippen LogP contribution in [0.4, 0.5) is 0 Å². The molecule has 1 aromatic rings. The van der Waals surface area contributed by atoms with Crippen molar-refractivity contribution in [3.63, 3.8) is 0 Å². The van der Waals surface area contributed by atoms with Gasteiger partial charge in [-0.3, -0.25) is 0 Å². The van der Waals surface area contributed by atoms with Crippen molar-refractivity contribution in [3.05, 3.63) is 28.8 Å². The van der Waals surface area contributed by atoms with Crippen LogP contribution < -0.4 is 10.1 Å². The van der Waals surface area contributed by atoms with Crippen molar-refractivity contribution in [1.29, 1.82) is 0 Å². The second-order valence-corrected chi connectivity index (χ2v) is 4.37. The smallest absolute Gasteiger partial charge is 0.122 e. The second-order valence-electron chi connectivity index (χ2n) is 4.37. The van der Waals surface area contributed by atoms with Gasteiger partial charge in [0.15, 0.2) is 0 Å². The van der Waals surface area contributed by atoms with Crippen LogP contribution in [0, 0.1) is 13.8 Å². The summed E-state index contributed by atoms with van der Waals surface area (Å²) in [6.07, 6.45) is 0. The number of nitrogens with one attached hydrogen (secondary N) is 1. The van der Waals surface area contributed by atoms with Crippen LogP contribution in [0.5, 0.6) is 5.75 Å². The fraction of sp³-hybridized carbons (Fsp3) is 0.538. The lowest BCUT2D eigenvalue weighted by Gasteiger charge is -2.26. The van der Waals surface area contributed by atoms with Crippen LogP contribution in [-0.2, 0) is 5.60 Å². The maximum absolute atomic E-state index is 10.4. The van der Waals surface area contributed by atoms with E-state index < -0.39 is 5.60 Å². The van der Waals surface area contributed by atoms with Crippen molar-refractivity contribution >= 4 is 0 Å². The van der Waals surface area contributed by atoms with Gasteiger partial charge in [0.05, 0.1) is 12.7 Å². The molecule has 0 heterocycles. The van der Waals surface area contributed by atoms with Crippen molar-refractivity contribution in [2.45, 2.75) is 26.4 Å². The zero-order valence-electron chi connectivity index (χ0n) is 10.7. The van der Waals surface area contributed by atoms with Gasteiger partial charge in [0, 0.05) is 6.54 Å². The van der Waals surface area contributed by atoms with Crippen LogP contribution in [0.2, 0.25) is 0 Å². The molecule has 16 heavy (non-hydrogen) atoms. The lowest BCUT2D eigenvalue weighted by molar-refractivity contribution is 0.0584. The summed E-state index contributed by atoms with van der Waals surface area (Å²) in [5, 5.41) is 13.4. The number of rotatable bonds is 4. The second kappa shape index (κ2) is 4.85. The normalized spacial score (nSPS) is 14.6. The zero-order valence-corrected chi connectivity index (χ0v) is 10.7. The summed E-state index contributed by atoms with van der Waals surface area (Å²) in [5.74, 6) is 0.863. The molecule has 0 bridgehead atoms. The molecule has 1 unspecified atom stereocenters. The van der Waals surface area contributed by atoms with E-state index in [1.54, 1.807) is 7.11 Å². The molecular weight excluding hydrogens is 202 g/mol. The van der Waals surface area contributed by atoms with Gasteiger partial charge >= 0.3 is 0 Å². The molecule has 0 saturated carbocycles. The Hall–Kier alpha value is -1.06. The Balaban J connectivity index is 3.21. The van der Waals surface area contributed by atoms with Crippen molar-refractivity contribution in [1.82, 2.24) is 5.32 Å². The molecule has 3 nitrogen and oxygen atoms in total. The zero-order chi connectivity index (χ0) is 12.3. The molecule has 0 aliphatic heterocycles. The quantitative estimate of drug-likeness (QED) is 0.817. The molecule has 2 N–H and O–H groups in total. The first-order valence-corrected chi connectivity index (χ1v) is 5.45. The Morgan fingerprint density at radius 1 is 1.31 bits per heavy atom. The first kappa shape index (κ1) is 13.0. The summed E-state index contributed by atoms with van der Waals surface area (Å²) in [6, 6.07) is 3.83. The minimum atomic E-state index is -0.851. The third-order valence-electron chi connectivity index (χ3n) is 3.06. The average molecular weight is 223 g/mol. The molecule has 0 aliphatic rings. The summed E-state index contributed by atoms with van der Waals surface area (Å²) < 4.78 is 5.26. The molecule has 0 spiro atoms. The maximum Gasteiger partial charge on any atom is 0.122 e. The Bertz CT molecular complexity index is 372. The molecule has 90 valence electrons. The van der Waals surface area contributed by atoms with Gasteiger partial charge in [-0.25, -0.2) is 0 Å². The van der Waals surface area contributed by atoms with Gasteiger partial charge in [-0.05, 0) is 50.6 Å². The monoisotopic (exact) mass is 223 g/mol. The average Bonchev–Trinajstić information content (AvgIpc) is 2.21. The van der Waals surface area contributed by atoms with Crippen molar-refractivity contribution < 1.29 is 9.84 Å². The minimum absolute atomic E-state index is 0.527. The van der Waals surface area contributed by atoms with E-state index >= 15 is 0 Å². The molecular formula is C13H21NO2. The van der Waals surface area contributed by atoms with Gasteiger partial charge < -0.3 is 15.2 Å². The fourth-order valence-corrected chi connectivity index (χ4v) is 2.04. The molecule has 0 radical (unpaired) electrons. The highest BCUT2D eigenvalue weighted by Gasteiger charge is 2.25. The van der Waals surface area contributed by atoms with Crippen LogP contribution in [0.1, 0.15) is 23.6 Å². The van der Waals surface area contributed by atoms with Crippen molar-refractivity contribution in [2.75, 3.05) is 20.7 Å². The minimum Gasteiger partial charge on any atom is -0.496 e. The summed E-state index contributed by atoms with van der Waals surface area (Å²) in [7, 11) is 3.49. The molecule has 0 aliphatic carbocycles. The van der Waals surface area contributed by atoms with Gasteiger partial charge in [0.25, 0.3) is 0 Å². The Morgan fingerprint density at radius 3 is 2.44 bits per heavy atom. The van der Waals surface area contributed by atoms with Crippen LogP contribution in [0.25, 0.3) is 0 Å². The maximum atomic E-state index is 10.4. The third-order valence-corrected chi connectivity index (χ3v) is 3.06. The molecule has 1 aromatic carbocycles. The van der Waals surface area contributed by atoms with Crippen LogP contribution in [0.3, 0.4) is 0 Å². The van der Waals surface area contributed by atoms with Gasteiger partial charge in [-0.15, -0.1) is 0 Å². The predicted octanol–water partition coefficient (Wildman–Crippen LogP) is 1.74. The van der Waals surface area contributed by atoms with Crippen molar-refractivity contribution in [3.8, 4) is 5.75 Å². The summed E-state index contributed by atoms with van der Waals surface area (Å²) >= 11 is 0. The van der Waals surface area contributed by atoms with Crippen LogP contribution in [-0.4, -0.2) is 25.8 Å². The van der Waals surface area contributed by atoms with E-state index in [9.17, 15) is 5.11 Å². The molecule has 0 amide bonds. The van der Waals surface area contributed by atoms with E-state index in [4.69, 9.17) is 4.74 Å². The summed E-state index contributed by atoms with van der Waals surface area (Å²) in [6.45, 7) is 6.36. The van der Waals surface area contributed by atoms with E-state index in [1.807, 2.05) is 40.0 Å². The Labute approximate surface area is 97.4 Å². The molecule has 0 aromatic heterocycles. The number of aliphatic hydroxyl groups is 1. The summed E-state index contributed by atoms with van der Waals surface area (Å²) in [4.78, 5) is 0. The van der Waals surface area contributed by atoms with E-state index in [-0.39, 0.29) is 0 Å². The predicted molar refractivity (Wildman–Crippen MR) is 66.0 cm³/mol. The number of hydrogen-bond donors (Lipinski definition) is 2. The van der Waals surface area contributed by atoms with E-state index in [1.165, 1.54) is 0 Å². The van der Waals surface area contributed by atoms with Crippen LogP contribution in [0.15, 0.2) is 12.1 Å². The first-order valence-electron chi connectivity index (χ1n) is 5.45. The number of ether oxygens (including phenoxy) is 1. The summed E-state index contributed by atoms with van der Waals surface area (Å²) in [5.41, 5.74) is 2.26. The van der Waals surface area contributed by atoms with Crippen LogP contribution >= 0.6 is 0 Å². The van der Waals surface area contributed by atoms with Gasteiger partial charge in [-0.1, -0.05) is 6.07 Å². The highest BCUT2D eigenvalue weighted by Crippen LogP contribution is 2.30. The standard InChI is InChI=1S/C13H21NO2/c1-9-10(2)12(16-5)7-6-11(9)13(3,15)8-14-4/h6-7,14-15H,8H2,1-5H3. The van der Waals surface area contributed by atoms with E-state index in [0.29, 0.717) is 6.54 Å². The van der Waals surface area contributed by atoms with Gasteiger partial charge in [0.1, 0.15) is 5.75 Å². The largest absolute Gasteiger partial charge is 0.496 e. The number of benzene rings is 1. The first-order chi connectivity index (χ1) is 7.44. The Kier molecular flexibility index (Phi) is 3.94. The molecule has 1 rings (SSSR count). The number of likely N-dealkylation sites (N-methyl/N-ethyl adjacent to an activating group) is 1. The van der Waals surface area contributed by atoms with Gasteiger partial charge in [0.2, 0.25) is 0 Å². The highest BCUT2D eigenvalue weighted by molar-refractivity contribution is 5.45. The molecule has 0 fully saturated rings. The Morgan fingerprint density at radius 2 is 1.94 bits per heavy atom. The molecule has 3 heteroatoms. The van der Waals surface area contributed by atoms with E-state index in [0.717, 1.165) is 22.4 Å². The fourth-order valence-electron chi connectivity index (χ4n) is 2.04. The molecule has 1 atom stereocenters. The number of methoxy groups -OCH3 is 1. The van der Waals surface area contributed by atoms with Gasteiger partial charge in [-0.2, -0.15) is 0 Å². The molecule has 0 saturated heterocycles. The van der Waals surface area contributed by atoms with E-state index in [2.05, 4.69) is 5.32 Å². The number of hydrogen-bond acceptors (Lipinski definition) is 3. The van der Waals surface area contributed by atoms with Crippen molar-refractivity contribution in [2.24, 2.45) is 0 Å². The third kappa shape index (κ3) is 2.36. The topological polar surface area (TPSA) is 41.5 Å². The highest BCUT2D eigenvalue weighted by atomic mass is 16.5. The SMILES string of the molecule is CNCC(C)(O)c1ccc(OC)c(C)c1C. The lowest BCUT2D eigenvalue weighted by atomic mass is 9.89.